The first-order valence-electron chi connectivity index (χ1n) is 8.33. The molecule has 128 valence electrons. The van der Waals surface area contributed by atoms with Crippen LogP contribution in [-0.4, -0.2) is 41.1 Å². The van der Waals surface area contributed by atoms with Crippen molar-refractivity contribution in [3.8, 4) is 11.3 Å². The molecule has 0 aliphatic carbocycles. The summed E-state index contributed by atoms with van der Waals surface area (Å²) in [5, 5.41) is 4.38. The molecule has 0 unspecified atom stereocenters. The van der Waals surface area contributed by atoms with E-state index in [4.69, 9.17) is 0 Å². The Morgan fingerprint density at radius 1 is 1.17 bits per heavy atom. The first-order chi connectivity index (χ1) is 11.5. The molecule has 5 nitrogen and oxygen atoms in total. The molecule has 2 rings (SSSR count). The van der Waals surface area contributed by atoms with Crippen LogP contribution in [0, 0.1) is 0 Å². The molecule has 0 saturated heterocycles. The Labute approximate surface area is 142 Å². The Morgan fingerprint density at radius 3 is 2.67 bits per heavy atom. The molecule has 0 atom stereocenters. The van der Waals surface area contributed by atoms with Gasteiger partial charge in [0.15, 0.2) is 0 Å². The van der Waals surface area contributed by atoms with E-state index < -0.39 is 0 Å². The van der Waals surface area contributed by atoms with Crippen LogP contribution in [-0.2, 0) is 17.8 Å². The largest absolute Gasteiger partial charge is 0.309 e. The van der Waals surface area contributed by atoms with Crippen LogP contribution < -0.4 is 5.56 Å². The zero-order chi connectivity index (χ0) is 17.5. The minimum atomic E-state index is -0.0936. The van der Waals surface area contributed by atoms with E-state index in [9.17, 15) is 9.59 Å². The summed E-state index contributed by atoms with van der Waals surface area (Å²) in [5.41, 5.74) is 2.76. The molecule has 0 radical (unpaired) electrons. The highest BCUT2D eigenvalue weighted by Crippen LogP contribution is 2.18. The topological polar surface area (TPSA) is 55.2 Å². The third-order valence-corrected chi connectivity index (χ3v) is 3.92. The van der Waals surface area contributed by atoms with Gasteiger partial charge >= 0.3 is 0 Å². The fraction of sp³-hybridized carbons (Fsp3) is 0.421. The first-order valence-corrected chi connectivity index (χ1v) is 8.33. The van der Waals surface area contributed by atoms with Gasteiger partial charge in [0.05, 0.1) is 5.69 Å². The number of aryl methyl sites for hydroxylation is 2. The molecule has 2 aromatic rings. The van der Waals surface area contributed by atoms with Crippen LogP contribution >= 0.6 is 0 Å². The molecule has 24 heavy (non-hydrogen) atoms. The van der Waals surface area contributed by atoms with E-state index in [-0.39, 0.29) is 11.3 Å². The molecule has 0 bridgehead atoms. The van der Waals surface area contributed by atoms with Crippen LogP contribution in [0.4, 0.5) is 0 Å². The average Bonchev–Trinajstić information content (AvgIpc) is 2.58. The second-order valence-electron chi connectivity index (χ2n) is 6.16. The van der Waals surface area contributed by atoms with E-state index in [0.717, 1.165) is 29.8 Å². The Balaban J connectivity index is 2.06. The van der Waals surface area contributed by atoms with E-state index in [1.807, 2.05) is 50.2 Å². The molecule has 1 aromatic carbocycles. The fourth-order valence-electron chi connectivity index (χ4n) is 2.47. The summed E-state index contributed by atoms with van der Waals surface area (Å²) in [4.78, 5) is 25.6. The van der Waals surface area contributed by atoms with Gasteiger partial charge in [-0.1, -0.05) is 18.2 Å². The normalized spacial score (nSPS) is 11.0. The molecular formula is C19H25N3O2. The standard InChI is InChI=1S/C19H25N3O2/c1-4-22-19(24)11-10-18(20-22)16-7-5-6-15(14-16)8-9-17(23)12-13-21(2)3/h5-7,10-11,14H,4,8-9,12-13H2,1-3H3. The number of benzene rings is 1. The third-order valence-electron chi connectivity index (χ3n) is 3.92. The Hall–Kier alpha value is -2.27. The van der Waals surface area contributed by atoms with Gasteiger partial charge in [-0.25, -0.2) is 4.68 Å². The van der Waals surface area contributed by atoms with E-state index >= 15 is 0 Å². The van der Waals surface area contributed by atoms with E-state index in [0.29, 0.717) is 19.4 Å². The number of hydrogen-bond acceptors (Lipinski definition) is 4. The van der Waals surface area contributed by atoms with Crippen molar-refractivity contribution < 1.29 is 4.79 Å². The van der Waals surface area contributed by atoms with E-state index in [1.165, 1.54) is 4.68 Å². The molecule has 0 spiro atoms. The van der Waals surface area contributed by atoms with Crippen LogP contribution in [0.2, 0.25) is 0 Å². The Kier molecular flexibility index (Phi) is 6.44. The summed E-state index contributed by atoms with van der Waals surface area (Å²) in [7, 11) is 3.94. The number of carbonyl (C=O) groups is 1. The Bertz CT molecular complexity index is 750. The quantitative estimate of drug-likeness (QED) is 0.747. The summed E-state index contributed by atoms with van der Waals surface area (Å²) in [5.74, 6) is 0.284. The van der Waals surface area contributed by atoms with Crippen molar-refractivity contribution in [3.63, 3.8) is 0 Å². The lowest BCUT2D eigenvalue weighted by molar-refractivity contribution is -0.119. The number of ketones is 1. The second kappa shape index (κ2) is 8.55. The summed E-state index contributed by atoms with van der Waals surface area (Å²) < 4.78 is 1.45. The summed E-state index contributed by atoms with van der Waals surface area (Å²) >= 11 is 0. The van der Waals surface area contributed by atoms with Crippen molar-refractivity contribution in [2.75, 3.05) is 20.6 Å². The van der Waals surface area contributed by atoms with Gasteiger partial charge in [0, 0.05) is 37.6 Å². The van der Waals surface area contributed by atoms with Crippen LogP contribution in [0.25, 0.3) is 11.3 Å². The minimum Gasteiger partial charge on any atom is -0.309 e. The highest BCUT2D eigenvalue weighted by Gasteiger charge is 2.06. The summed E-state index contributed by atoms with van der Waals surface area (Å²) in [6.07, 6.45) is 1.88. The van der Waals surface area contributed by atoms with Gasteiger partial charge in [0.25, 0.3) is 5.56 Å². The predicted molar refractivity (Wildman–Crippen MR) is 96.1 cm³/mol. The smallest absolute Gasteiger partial charge is 0.266 e. The number of aromatic nitrogens is 2. The molecule has 0 saturated carbocycles. The number of nitrogens with zero attached hydrogens (tertiary/aromatic N) is 3. The monoisotopic (exact) mass is 327 g/mol. The molecule has 1 aromatic heterocycles. The molecule has 0 aliphatic heterocycles. The van der Waals surface area contributed by atoms with Crippen molar-refractivity contribution >= 4 is 5.78 Å². The fourth-order valence-corrected chi connectivity index (χ4v) is 2.47. The summed E-state index contributed by atoms with van der Waals surface area (Å²) in [6.45, 7) is 3.24. The van der Waals surface area contributed by atoms with Crippen molar-refractivity contribution in [2.24, 2.45) is 0 Å². The van der Waals surface area contributed by atoms with Gasteiger partial charge in [-0.3, -0.25) is 9.59 Å². The molecule has 1 heterocycles. The van der Waals surface area contributed by atoms with Crippen LogP contribution in [0.1, 0.15) is 25.3 Å². The lowest BCUT2D eigenvalue weighted by atomic mass is 10.0. The van der Waals surface area contributed by atoms with Crippen molar-refractivity contribution in [1.82, 2.24) is 14.7 Å². The maximum absolute atomic E-state index is 11.9. The van der Waals surface area contributed by atoms with Gasteiger partial charge in [0.1, 0.15) is 5.78 Å². The number of Topliss-reactive ketones (excluding diaryl/α,β-unsaturated/α-hetero) is 1. The molecule has 0 fully saturated rings. The van der Waals surface area contributed by atoms with Crippen LogP contribution in [0.15, 0.2) is 41.2 Å². The van der Waals surface area contributed by atoms with E-state index in [1.54, 1.807) is 12.1 Å². The number of carbonyl (C=O) groups excluding carboxylic acids is 1. The maximum atomic E-state index is 11.9. The number of hydrogen-bond donors (Lipinski definition) is 0. The minimum absolute atomic E-state index is 0.0936. The highest BCUT2D eigenvalue weighted by molar-refractivity contribution is 5.78. The molecule has 5 heteroatoms. The zero-order valence-electron chi connectivity index (χ0n) is 14.7. The maximum Gasteiger partial charge on any atom is 0.266 e. The molecule has 0 aliphatic rings. The van der Waals surface area contributed by atoms with Crippen LogP contribution in [0.3, 0.4) is 0 Å². The lowest BCUT2D eigenvalue weighted by Crippen LogP contribution is -2.21. The summed E-state index contributed by atoms with van der Waals surface area (Å²) in [6, 6.07) is 11.3. The second-order valence-corrected chi connectivity index (χ2v) is 6.16. The van der Waals surface area contributed by atoms with Gasteiger partial charge in [-0.2, -0.15) is 5.10 Å². The van der Waals surface area contributed by atoms with Gasteiger partial charge in [0.2, 0.25) is 0 Å². The van der Waals surface area contributed by atoms with Gasteiger partial charge in [-0.05, 0) is 45.1 Å². The molecule has 0 N–H and O–H groups in total. The SMILES string of the molecule is CCn1nc(-c2cccc(CCC(=O)CCN(C)C)c2)ccc1=O. The number of rotatable bonds is 8. The van der Waals surface area contributed by atoms with Crippen molar-refractivity contribution in [2.45, 2.75) is 32.7 Å². The van der Waals surface area contributed by atoms with Crippen molar-refractivity contribution in [1.29, 1.82) is 0 Å². The Morgan fingerprint density at radius 2 is 1.96 bits per heavy atom. The van der Waals surface area contributed by atoms with E-state index in [2.05, 4.69) is 5.10 Å². The third kappa shape index (κ3) is 5.13. The predicted octanol–water partition coefficient (Wildman–Crippen LogP) is 2.38. The average molecular weight is 327 g/mol. The van der Waals surface area contributed by atoms with Gasteiger partial charge < -0.3 is 4.90 Å². The molecule has 0 amide bonds. The van der Waals surface area contributed by atoms with Gasteiger partial charge in [-0.15, -0.1) is 0 Å². The highest BCUT2D eigenvalue weighted by atomic mass is 16.1. The first kappa shape index (κ1) is 18.1. The molecular weight excluding hydrogens is 302 g/mol. The van der Waals surface area contributed by atoms with Crippen molar-refractivity contribution in [3.05, 3.63) is 52.3 Å². The van der Waals surface area contributed by atoms with Crippen LogP contribution in [0.5, 0.6) is 0 Å². The zero-order valence-corrected chi connectivity index (χ0v) is 14.7. The lowest BCUT2D eigenvalue weighted by Gasteiger charge is -2.09.